The van der Waals surface area contributed by atoms with Crippen LogP contribution in [0.25, 0.3) is 0 Å². The van der Waals surface area contributed by atoms with Crippen molar-refractivity contribution >= 4 is 23.3 Å². The Labute approximate surface area is 121 Å². The zero-order valence-electron chi connectivity index (χ0n) is 10.5. The van der Waals surface area contributed by atoms with Crippen LogP contribution in [0.3, 0.4) is 0 Å². The molecule has 2 heterocycles. The van der Waals surface area contributed by atoms with E-state index in [0.29, 0.717) is 0 Å². The van der Waals surface area contributed by atoms with Gasteiger partial charge in [-0.15, -0.1) is 0 Å². The molecule has 1 aliphatic heterocycles. The van der Waals surface area contributed by atoms with Gasteiger partial charge in [-0.2, -0.15) is 8.75 Å². The first-order chi connectivity index (χ1) is 9.28. The number of fused-ring (bicyclic) bond motifs is 1. The maximum Gasteiger partial charge on any atom is 0.125 e. The number of benzene rings is 1. The lowest BCUT2D eigenvalue weighted by Crippen LogP contribution is -2.19. The van der Waals surface area contributed by atoms with Gasteiger partial charge in [-0.3, -0.25) is 0 Å². The summed E-state index contributed by atoms with van der Waals surface area (Å²) >= 11 is 7.40. The van der Waals surface area contributed by atoms with Gasteiger partial charge in [-0.05, 0) is 36.7 Å². The van der Waals surface area contributed by atoms with Crippen LogP contribution in [0.5, 0.6) is 5.75 Å². The number of likely N-dealkylation sites (N-methyl/N-ethyl adjacent to an activating group) is 1. The van der Waals surface area contributed by atoms with Crippen LogP contribution in [-0.4, -0.2) is 22.4 Å². The molecular weight excluding hydrogens is 282 g/mol. The summed E-state index contributed by atoms with van der Waals surface area (Å²) in [4.78, 5) is 0. The fourth-order valence-corrected chi connectivity index (χ4v) is 3.13. The molecule has 1 unspecified atom stereocenters. The first kappa shape index (κ1) is 12.8. The van der Waals surface area contributed by atoms with Crippen LogP contribution < -0.4 is 10.1 Å². The molecule has 0 radical (unpaired) electrons. The second kappa shape index (κ2) is 5.45. The van der Waals surface area contributed by atoms with Gasteiger partial charge in [-0.25, -0.2) is 0 Å². The quantitative estimate of drug-likeness (QED) is 0.942. The molecule has 0 amide bonds. The number of aromatic nitrogens is 2. The normalized spacial score (nSPS) is 15.1. The molecule has 19 heavy (non-hydrogen) atoms. The summed E-state index contributed by atoms with van der Waals surface area (Å²) in [5, 5.41) is 4.04. The Morgan fingerprint density at radius 1 is 1.53 bits per heavy atom. The van der Waals surface area contributed by atoms with E-state index in [1.807, 2.05) is 19.2 Å². The highest BCUT2D eigenvalue weighted by Crippen LogP contribution is 2.35. The Morgan fingerprint density at radius 3 is 3.16 bits per heavy atom. The molecule has 3 rings (SSSR count). The Morgan fingerprint density at radius 2 is 2.42 bits per heavy atom. The van der Waals surface area contributed by atoms with Crippen LogP contribution in [0.15, 0.2) is 18.3 Å². The van der Waals surface area contributed by atoms with Crippen molar-refractivity contribution in [3.05, 3.63) is 40.2 Å². The summed E-state index contributed by atoms with van der Waals surface area (Å²) in [7, 11) is 1.93. The highest BCUT2D eigenvalue weighted by Gasteiger charge is 2.21. The minimum absolute atomic E-state index is 0.130. The van der Waals surface area contributed by atoms with Crippen LogP contribution >= 0.6 is 23.3 Å². The predicted octanol–water partition coefficient (Wildman–Crippen LogP) is 2.63. The maximum absolute atomic E-state index is 6.18. The molecule has 1 atom stereocenters. The van der Waals surface area contributed by atoms with Gasteiger partial charge < -0.3 is 10.1 Å². The molecule has 1 aromatic heterocycles. The average Bonchev–Trinajstić information content (AvgIpc) is 3.05. The number of hydrogen-bond donors (Lipinski definition) is 1. The van der Waals surface area contributed by atoms with Crippen molar-refractivity contribution in [1.29, 1.82) is 0 Å². The Hall–Kier alpha value is -1.17. The van der Waals surface area contributed by atoms with E-state index >= 15 is 0 Å². The van der Waals surface area contributed by atoms with E-state index in [1.165, 1.54) is 17.3 Å². The third kappa shape index (κ3) is 2.59. The van der Waals surface area contributed by atoms with Gasteiger partial charge in [0.15, 0.2) is 0 Å². The van der Waals surface area contributed by atoms with Gasteiger partial charge in [0.05, 0.1) is 36.3 Å². The van der Waals surface area contributed by atoms with Crippen molar-refractivity contribution in [3.8, 4) is 5.75 Å². The molecule has 0 spiro atoms. The highest BCUT2D eigenvalue weighted by atomic mass is 35.5. The van der Waals surface area contributed by atoms with Gasteiger partial charge in [0, 0.05) is 11.4 Å². The summed E-state index contributed by atoms with van der Waals surface area (Å²) in [5.74, 6) is 0.993. The number of rotatable bonds is 4. The second-order valence-electron chi connectivity index (χ2n) is 4.53. The fourth-order valence-electron chi connectivity index (χ4n) is 2.40. The molecule has 1 aliphatic rings. The molecule has 1 aromatic carbocycles. The van der Waals surface area contributed by atoms with E-state index in [0.717, 1.165) is 41.5 Å². The summed E-state index contributed by atoms with van der Waals surface area (Å²) in [6.45, 7) is 0.741. The van der Waals surface area contributed by atoms with Gasteiger partial charge >= 0.3 is 0 Å². The zero-order chi connectivity index (χ0) is 13.2. The van der Waals surface area contributed by atoms with Crippen molar-refractivity contribution in [1.82, 2.24) is 14.1 Å². The molecule has 0 bridgehead atoms. The molecule has 0 saturated heterocycles. The topological polar surface area (TPSA) is 47.0 Å². The fraction of sp³-hybridized carbons (Fsp3) is 0.385. The van der Waals surface area contributed by atoms with Crippen molar-refractivity contribution in [2.75, 3.05) is 13.7 Å². The minimum Gasteiger partial charge on any atom is -0.493 e. The molecule has 100 valence electrons. The lowest BCUT2D eigenvalue weighted by molar-refractivity contribution is 0.352. The molecular formula is C13H14ClN3OS. The van der Waals surface area contributed by atoms with Crippen LogP contribution in [0.1, 0.15) is 22.9 Å². The van der Waals surface area contributed by atoms with Gasteiger partial charge in [0.25, 0.3) is 0 Å². The Balaban J connectivity index is 1.90. The third-order valence-electron chi connectivity index (χ3n) is 3.33. The largest absolute Gasteiger partial charge is 0.493 e. The monoisotopic (exact) mass is 295 g/mol. The van der Waals surface area contributed by atoms with E-state index < -0.39 is 0 Å². The molecule has 0 fully saturated rings. The second-order valence-corrected chi connectivity index (χ2v) is 5.52. The van der Waals surface area contributed by atoms with Crippen LogP contribution in [0, 0.1) is 0 Å². The number of hydrogen-bond acceptors (Lipinski definition) is 5. The molecule has 1 N–H and O–H groups in total. The number of nitrogens with zero attached hydrogens (tertiary/aromatic N) is 2. The first-order valence-electron chi connectivity index (χ1n) is 6.16. The first-order valence-corrected chi connectivity index (χ1v) is 7.27. The van der Waals surface area contributed by atoms with Crippen LogP contribution in [-0.2, 0) is 12.8 Å². The minimum atomic E-state index is 0.130. The third-order valence-corrected chi connectivity index (χ3v) is 4.04. The maximum atomic E-state index is 6.18. The smallest absolute Gasteiger partial charge is 0.125 e. The highest BCUT2D eigenvalue weighted by molar-refractivity contribution is 6.99. The molecule has 0 aliphatic carbocycles. The summed E-state index contributed by atoms with van der Waals surface area (Å²) < 4.78 is 14.1. The molecule has 0 saturated carbocycles. The van der Waals surface area contributed by atoms with E-state index in [1.54, 1.807) is 6.20 Å². The summed E-state index contributed by atoms with van der Waals surface area (Å²) in [6.07, 6.45) is 3.54. The summed E-state index contributed by atoms with van der Waals surface area (Å²) in [6, 6.07) is 4.10. The SMILES string of the molecule is CNC(Cc1cc(Cl)cc2c1OCC2)c1cnsn1. The lowest BCUT2D eigenvalue weighted by Gasteiger charge is -2.16. The molecule has 6 heteroatoms. The van der Waals surface area contributed by atoms with Gasteiger partial charge in [-0.1, -0.05) is 11.6 Å². The predicted molar refractivity (Wildman–Crippen MR) is 76.1 cm³/mol. The lowest BCUT2D eigenvalue weighted by atomic mass is 10.00. The Kier molecular flexibility index (Phi) is 3.68. The van der Waals surface area contributed by atoms with Gasteiger partial charge in [0.1, 0.15) is 5.75 Å². The summed E-state index contributed by atoms with van der Waals surface area (Å²) in [5.41, 5.74) is 3.29. The van der Waals surface area contributed by atoms with E-state index in [2.05, 4.69) is 14.1 Å². The van der Waals surface area contributed by atoms with Crippen molar-refractivity contribution in [2.24, 2.45) is 0 Å². The van der Waals surface area contributed by atoms with E-state index in [-0.39, 0.29) is 6.04 Å². The average molecular weight is 296 g/mol. The molecule has 2 aromatic rings. The van der Waals surface area contributed by atoms with E-state index in [4.69, 9.17) is 16.3 Å². The number of nitrogens with one attached hydrogen (secondary N) is 1. The van der Waals surface area contributed by atoms with Crippen LogP contribution in [0.2, 0.25) is 5.02 Å². The number of ether oxygens (including phenoxy) is 1. The van der Waals surface area contributed by atoms with Crippen LogP contribution in [0.4, 0.5) is 0 Å². The Bertz CT molecular complexity index is 574. The van der Waals surface area contributed by atoms with Gasteiger partial charge in [0.2, 0.25) is 0 Å². The molecule has 4 nitrogen and oxygen atoms in total. The zero-order valence-corrected chi connectivity index (χ0v) is 12.1. The van der Waals surface area contributed by atoms with Crippen molar-refractivity contribution < 1.29 is 4.74 Å². The van der Waals surface area contributed by atoms with E-state index in [9.17, 15) is 0 Å². The van der Waals surface area contributed by atoms with Crippen molar-refractivity contribution in [3.63, 3.8) is 0 Å². The standard InChI is InChI=1S/C13H14ClN3OS/c1-15-11(12-7-16-19-17-12)6-9-5-10(14)4-8-2-3-18-13(8)9/h4-5,7,11,15H,2-3,6H2,1H3. The van der Waals surface area contributed by atoms with Crippen molar-refractivity contribution in [2.45, 2.75) is 18.9 Å². The number of halogens is 1.